The molecule has 0 saturated carbocycles. The van der Waals surface area contributed by atoms with Crippen LogP contribution in [0.2, 0.25) is 5.02 Å². The molecule has 0 fully saturated rings. The minimum atomic E-state index is 0.471. The standard InChI is InChI=1S/C14H12Cl2O/c1-10-5-6-13(16)14(7-10)17-12-4-2-3-11(8-12)9-15/h2-8H,9H2,1H3. The third kappa shape index (κ3) is 3.15. The summed E-state index contributed by atoms with van der Waals surface area (Å²) in [4.78, 5) is 0. The van der Waals surface area contributed by atoms with E-state index in [1.165, 1.54) is 0 Å². The van der Waals surface area contributed by atoms with Crippen LogP contribution < -0.4 is 4.74 Å². The Balaban J connectivity index is 2.27. The van der Waals surface area contributed by atoms with Crippen molar-refractivity contribution in [2.45, 2.75) is 12.8 Å². The van der Waals surface area contributed by atoms with Crippen molar-refractivity contribution in [2.24, 2.45) is 0 Å². The van der Waals surface area contributed by atoms with Gasteiger partial charge in [0, 0.05) is 5.88 Å². The fraction of sp³-hybridized carbons (Fsp3) is 0.143. The van der Waals surface area contributed by atoms with Crippen LogP contribution in [0, 0.1) is 6.92 Å². The van der Waals surface area contributed by atoms with Gasteiger partial charge in [-0.1, -0.05) is 29.8 Å². The molecule has 2 rings (SSSR count). The Morgan fingerprint density at radius 1 is 1.12 bits per heavy atom. The first-order valence-corrected chi connectivity index (χ1v) is 6.19. The molecular weight excluding hydrogens is 255 g/mol. The maximum atomic E-state index is 6.07. The molecule has 0 aromatic heterocycles. The van der Waals surface area contributed by atoms with Gasteiger partial charge in [-0.2, -0.15) is 0 Å². The van der Waals surface area contributed by atoms with Crippen LogP contribution in [0.25, 0.3) is 0 Å². The molecule has 2 aromatic carbocycles. The molecule has 1 nitrogen and oxygen atoms in total. The number of hydrogen-bond acceptors (Lipinski definition) is 1. The van der Waals surface area contributed by atoms with Gasteiger partial charge in [0.15, 0.2) is 0 Å². The van der Waals surface area contributed by atoms with Crippen molar-refractivity contribution in [3.63, 3.8) is 0 Å². The molecule has 0 aliphatic carbocycles. The molecule has 2 aromatic rings. The molecule has 3 heteroatoms. The summed E-state index contributed by atoms with van der Waals surface area (Å²) in [6.45, 7) is 2.00. The zero-order valence-corrected chi connectivity index (χ0v) is 10.9. The lowest BCUT2D eigenvalue weighted by molar-refractivity contribution is 0.482. The number of ether oxygens (including phenoxy) is 1. The number of rotatable bonds is 3. The molecule has 17 heavy (non-hydrogen) atoms. The maximum absolute atomic E-state index is 6.07. The van der Waals surface area contributed by atoms with Crippen LogP contribution in [0.15, 0.2) is 42.5 Å². The summed E-state index contributed by atoms with van der Waals surface area (Å²) in [5.74, 6) is 1.88. The van der Waals surface area contributed by atoms with E-state index in [2.05, 4.69) is 0 Å². The molecule has 0 heterocycles. The van der Waals surface area contributed by atoms with Crippen molar-refractivity contribution in [2.75, 3.05) is 0 Å². The highest BCUT2D eigenvalue weighted by Gasteiger charge is 2.03. The van der Waals surface area contributed by atoms with E-state index in [0.717, 1.165) is 16.9 Å². The molecule has 88 valence electrons. The largest absolute Gasteiger partial charge is 0.456 e. The number of halogens is 2. The summed E-state index contributed by atoms with van der Waals surface area (Å²) in [5, 5.41) is 0.604. The smallest absolute Gasteiger partial charge is 0.146 e. The molecule has 0 aliphatic heterocycles. The van der Waals surface area contributed by atoms with Crippen LogP contribution in [-0.2, 0) is 5.88 Å². The summed E-state index contributed by atoms with van der Waals surface area (Å²) < 4.78 is 5.74. The highest BCUT2D eigenvalue weighted by Crippen LogP contribution is 2.30. The monoisotopic (exact) mass is 266 g/mol. The fourth-order valence-corrected chi connectivity index (χ4v) is 1.83. The predicted octanol–water partition coefficient (Wildman–Crippen LogP) is 5.18. The van der Waals surface area contributed by atoms with Crippen LogP contribution in [0.5, 0.6) is 11.5 Å². The average Bonchev–Trinajstić information content (AvgIpc) is 2.34. The zero-order valence-electron chi connectivity index (χ0n) is 9.41. The van der Waals surface area contributed by atoms with Gasteiger partial charge in [-0.05, 0) is 42.3 Å². The molecule has 0 bridgehead atoms. The molecule has 0 aliphatic rings. The van der Waals surface area contributed by atoms with Crippen LogP contribution in [0.4, 0.5) is 0 Å². The van der Waals surface area contributed by atoms with E-state index in [4.69, 9.17) is 27.9 Å². The third-order valence-corrected chi connectivity index (χ3v) is 2.99. The minimum absolute atomic E-state index is 0.471. The lowest BCUT2D eigenvalue weighted by atomic mass is 10.2. The first-order valence-electron chi connectivity index (χ1n) is 5.28. The van der Waals surface area contributed by atoms with Gasteiger partial charge in [0.05, 0.1) is 5.02 Å². The second-order valence-electron chi connectivity index (χ2n) is 3.82. The predicted molar refractivity (Wildman–Crippen MR) is 72.3 cm³/mol. The molecule has 0 saturated heterocycles. The van der Waals surface area contributed by atoms with Crippen molar-refractivity contribution >= 4 is 23.2 Å². The lowest BCUT2D eigenvalue weighted by Gasteiger charge is -2.09. The van der Waals surface area contributed by atoms with Crippen molar-refractivity contribution in [3.05, 3.63) is 58.6 Å². The van der Waals surface area contributed by atoms with Gasteiger partial charge in [-0.25, -0.2) is 0 Å². The Bertz CT molecular complexity index is 523. The van der Waals surface area contributed by atoms with E-state index in [1.54, 1.807) is 0 Å². The van der Waals surface area contributed by atoms with Crippen molar-refractivity contribution < 1.29 is 4.74 Å². The zero-order chi connectivity index (χ0) is 12.3. The SMILES string of the molecule is Cc1ccc(Cl)c(Oc2cccc(CCl)c2)c1. The van der Waals surface area contributed by atoms with Gasteiger partial charge in [0.25, 0.3) is 0 Å². The van der Waals surface area contributed by atoms with Gasteiger partial charge < -0.3 is 4.74 Å². The van der Waals surface area contributed by atoms with Crippen LogP contribution in [0.1, 0.15) is 11.1 Å². The summed E-state index contributed by atoms with van der Waals surface area (Å²) in [7, 11) is 0. The molecule has 0 unspecified atom stereocenters. The summed E-state index contributed by atoms with van der Waals surface area (Å²) in [6, 6.07) is 13.4. The highest BCUT2D eigenvalue weighted by atomic mass is 35.5. The fourth-order valence-electron chi connectivity index (χ4n) is 1.51. The number of benzene rings is 2. The topological polar surface area (TPSA) is 9.23 Å². The van der Waals surface area contributed by atoms with E-state index in [-0.39, 0.29) is 0 Å². The quantitative estimate of drug-likeness (QED) is 0.696. The van der Waals surface area contributed by atoms with E-state index < -0.39 is 0 Å². The average molecular weight is 267 g/mol. The minimum Gasteiger partial charge on any atom is -0.456 e. The molecule has 0 N–H and O–H groups in total. The second kappa shape index (κ2) is 5.44. The van der Waals surface area contributed by atoms with E-state index in [0.29, 0.717) is 16.7 Å². The summed E-state index contributed by atoms with van der Waals surface area (Å²) in [6.07, 6.45) is 0. The Hall–Kier alpha value is -1.18. The van der Waals surface area contributed by atoms with Crippen LogP contribution >= 0.6 is 23.2 Å². The molecule has 0 amide bonds. The molecule has 0 radical (unpaired) electrons. The van der Waals surface area contributed by atoms with Crippen molar-refractivity contribution in [3.8, 4) is 11.5 Å². The normalized spacial score (nSPS) is 10.3. The van der Waals surface area contributed by atoms with Crippen molar-refractivity contribution in [1.29, 1.82) is 0 Å². The molecule has 0 spiro atoms. The first-order chi connectivity index (χ1) is 8.19. The Labute approximate surface area is 111 Å². The number of aryl methyl sites for hydroxylation is 1. The van der Waals surface area contributed by atoms with E-state index in [1.807, 2.05) is 49.4 Å². The van der Waals surface area contributed by atoms with Crippen molar-refractivity contribution in [1.82, 2.24) is 0 Å². The maximum Gasteiger partial charge on any atom is 0.146 e. The van der Waals surface area contributed by atoms with Crippen LogP contribution in [0.3, 0.4) is 0 Å². The van der Waals surface area contributed by atoms with E-state index >= 15 is 0 Å². The van der Waals surface area contributed by atoms with Gasteiger partial charge in [0.2, 0.25) is 0 Å². The number of hydrogen-bond donors (Lipinski definition) is 0. The van der Waals surface area contributed by atoms with E-state index in [9.17, 15) is 0 Å². The van der Waals surface area contributed by atoms with Gasteiger partial charge in [0.1, 0.15) is 11.5 Å². The van der Waals surface area contributed by atoms with Gasteiger partial charge in [-0.15, -0.1) is 11.6 Å². The van der Waals surface area contributed by atoms with Crippen LogP contribution in [-0.4, -0.2) is 0 Å². The Morgan fingerprint density at radius 2 is 1.94 bits per heavy atom. The first kappa shape index (κ1) is 12.3. The lowest BCUT2D eigenvalue weighted by Crippen LogP contribution is -1.87. The highest BCUT2D eigenvalue weighted by molar-refractivity contribution is 6.32. The Morgan fingerprint density at radius 3 is 2.71 bits per heavy atom. The second-order valence-corrected chi connectivity index (χ2v) is 4.49. The van der Waals surface area contributed by atoms with Gasteiger partial charge in [-0.3, -0.25) is 0 Å². The molecule has 0 atom stereocenters. The summed E-state index contributed by atoms with van der Waals surface area (Å²) >= 11 is 11.8. The number of alkyl halides is 1. The third-order valence-electron chi connectivity index (χ3n) is 2.37. The molecular formula is C14H12Cl2O. The summed E-state index contributed by atoms with van der Waals surface area (Å²) in [5.41, 5.74) is 2.13. The van der Waals surface area contributed by atoms with Gasteiger partial charge >= 0.3 is 0 Å². The Kier molecular flexibility index (Phi) is 3.93.